The lowest BCUT2D eigenvalue weighted by Crippen LogP contribution is -2.06. The second kappa shape index (κ2) is 8.17. The molecule has 1 heterocycles. The number of anilines is 1. The lowest BCUT2D eigenvalue weighted by molar-refractivity contribution is -0.111. The molecule has 2 aromatic carbocycles. The van der Waals surface area contributed by atoms with Crippen molar-refractivity contribution < 1.29 is 4.79 Å². The number of aryl methyl sites for hydroxylation is 2. The first-order valence-electron chi connectivity index (χ1n) is 7.40. The number of para-hydroxylation sites is 1. The number of nitrogens with one attached hydrogen (secondary N) is 2. The number of amides is 1. The van der Waals surface area contributed by atoms with Gasteiger partial charge in [0.15, 0.2) is 5.13 Å². The Hall–Kier alpha value is -2.79. The third kappa shape index (κ3) is 4.60. The minimum atomic E-state index is -0.232. The number of nitrogens with zero attached hydrogens (tertiary/aromatic N) is 1. The van der Waals surface area contributed by atoms with Gasteiger partial charge in [-0.2, -0.15) is 0 Å². The molecule has 2 N–H and O–H groups in total. The summed E-state index contributed by atoms with van der Waals surface area (Å²) in [7, 11) is 0. The molecule has 0 aliphatic rings. The molecule has 0 aliphatic heterocycles. The molecule has 0 saturated carbocycles. The highest BCUT2D eigenvalue weighted by Gasteiger charge is 2.03. The van der Waals surface area contributed by atoms with Crippen molar-refractivity contribution in [2.24, 2.45) is 0 Å². The summed E-state index contributed by atoms with van der Waals surface area (Å²) in [6, 6.07) is 13.9. The summed E-state index contributed by atoms with van der Waals surface area (Å²) in [6.07, 6.45) is 2.62. The molecule has 0 bridgehead atoms. The van der Waals surface area contributed by atoms with Crippen molar-refractivity contribution >= 4 is 38.8 Å². The van der Waals surface area contributed by atoms with Crippen LogP contribution >= 0.6 is 11.3 Å². The normalized spacial score (nSPS) is 9.75. The number of thiazole rings is 1. The maximum absolute atomic E-state index is 11.0. The summed E-state index contributed by atoms with van der Waals surface area (Å²) in [6.45, 7) is 7.42. The van der Waals surface area contributed by atoms with Gasteiger partial charge in [-0.3, -0.25) is 10.1 Å². The van der Waals surface area contributed by atoms with Crippen LogP contribution in [0.15, 0.2) is 55.1 Å². The monoisotopic (exact) mass is 337 g/mol. The number of fused-ring (bicyclic) bond motifs is 1. The van der Waals surface area contributed by atoms with Crippen molar-refractivity contribution in [1.29, 1.82) is 5.41 Å². The highest BCUT2D eigenvalue weighted by molar-refractivity contribution is 7.22. The zero-order chi connectivity index (χ0) is 17.5. The van der Waals surface area contributed by atoms with Crippen molar-refractivity contribution in [1.82, 2.24) is 4.98 Å². The molecule has 0 radical (unpaired) electrons. The zero-order valence-corrected chi connectivity index (χ0v) is 14.5. The van der Waals surface area contributed by atoms with E-state index >= 15 is 0 Å². The average molecular weight is 337 g/mol. The Morgan fingerprint density at radius 2 is 2.00 bits per heavy atom. The van der Waals surface area contributed by atoms with Crippen molar-refractivity contribution in [3.63, 3.8) is 0 Å². The number of hydrogen-bond acceptors (Lipinski definition) is 4. The van der Waals surface area contributed by atoms with Gasteiger partial charge >= 0.3 is 0 Å². The van der Waals surface area contributed by atoms with Crippen LogP contribution in [0.3, 0.4) is 0 Å². The first kappa shape index (κ1) is 17.6. The van der Waals surface area contributed by atoms with E-state index in [0.717, 1.165) is 15.8 Å². The van der Waals surface area contributed by atoms with Crippen molar-refractivity contribution in [3.8, 4) is 0 Å². The molecule has 0 atom stereocenters. The van der Waals surface area contributed by atoms with E-state index in [0.29, 0.717) is 5.13 Å². The summed E-state index contributed by atoms with van der Waals surface area (Å²) in [5.41, 5.74) is 4.29. The molecule has 5 heteroatoms. The Kier molecular flexibility index (Phi) is 5.98. The number of carbonyl (C=O) groups excluding carboxylic acids is 1. The fourth-order valence-electron chi connectivity index (χ4n) is 2.00. The number of carbonyl (C=O) groups is 1. The van der Waals surface area contributed by atoms with Crippen LogP contribution in [-0.4, -0.2) is 17.1 Å². The van der Waals surface area contributed by atoms with Gasteiger partial charge in [0.1, 0.15) is 0 Å². The van der Waals surface area contributed by atoms with Gasteiger partial charge in [0.25, 0.3) is 0 Å². The van der Waals surface area contributed by atoms with Gasteiger partial charge in [0.05, 0.1) is 10.2 Å². The average Bonchev–Trinajstić information content (AvgIpc) is 2.99. The Morgan fingerprint density at radius 1 is 1.25 bits per heavy atom. The van der Waals surface area contributed by atoms with Crippen LogP contribution in [0.4, 0.5) is 5.13 Å². The minimum Gasteiger partial charge on any atom is -0.308 e. The Balaban J connectivity index is 0.000000185. The highest BCUT2D eigenvalue weighted by Crippen LogP contribution is 2.25. The van der Waals surface area contributed by atoms with Crippen LogP contribution in [0.1, 0.15) is 16.7 Å². The van der Waals surface area contributed by atoms with Crippen LogP contribution in [0.5, 0.6) is 0 Å². The third-order valence-corrected chi connectivity index (χ3v) is 4.25. The standard InChI is InChI=1S/C10H8N2OS.C9H11N/c1-2-9(13)12-10-11-7-5-3-4-6-8(7)14-10;1-7-3-4-8(2)9(5-7)6-10/h2-6H,1H2,(H,11,12,13);3-6,10H,1-2H3. The van der Waals surface area contributed by atoms with E-state index in [1.165, 1.54) is 34.8 Å². The first-order valence-corrected chi connectivity index (χ1v) is 8.22. The van der Waals surface area contributed by atoms with Crippen molar-refractivity contribution in [2.45, 2.75) is 13.8 Å². The zero-order valence-electron chi connectivity index (χ0n) is 13.7. The summed E-state index contributed by atoms with van der Waals surface area (Å²) >= 11 is 1.45. The molecule has 3 aromatic rings. The van der Waals surface area contributed by atoms with E-state index in [9.17, 15) is 4.79 Å². The van der Waals surface area contributed by atoms with E-state index in [2.05, 4.69) is 22.9 Å². The Morgan fingerprint density at radius 3 is 2.62 bits per heavy atom. The molecule has 0 unspecified atom stereocenters. The molecule has 3 rings (SSSR count). The molecule has 0 spiro atoms. The molecule has 0 fully saturated rings. The molecule has 0 aliphatic carbocycles. The second-order valence-electron chi connectivity index (χ2n) is 5.18. The quantitative estimate of drug-likeness (QED) is 0.536. The Bertz CT molecular complexity index is 850. The second-order valence-corrected chi connectivity index (χ2v) is 6.22. The van der Waals surface area contributed by atoms with Crippen LogP contribution in [0.25, 0.3) is 10.2 Å². The summed E-state index contributed by atoms with van der Waals surface area (Å²) < 4.78 is 1.06. The lowest BCUT2D eigenvalue weighted by Gasteiger charge is -1.98. The maximum atomic E-state index is 11.0. The number of benzene rings is 2. The molecule has 4 nitrogen and oxygen atoms in total. The topological polar surface area (TPSA) is 65.8 Å². The molecule has 1 aromatic heterocycles. The maximum Gasteiger partial charge on any atom is 0.249 e. The van der Waals surface area contributed by atoms with Gasteiger partial charge in [-0.15, -0.1) is 0 Å². The summed E-state index contributed by atoms with van der Waals surface area (Å²) in [4.78, 5) is 15.2. The van der Waals surface area contributed by atoms with E-state index in [1.807, 2.05) is 50.2 Å². The summed E-state index contributed by atoms with van der Waals surface area (Å²) in [5, 5.41) is 10.3. The van der Waals surface area contributed by atoms with Crippen LogP contribution < -0.4 is 5.32 Å². The molecule has 122 valence electrons. The Labute approximate surface area is 145 Å². The molecular weight excluding hydrogens is 318 g/mol. The van der Waals surface area contributed by atoms with Crippen molar-refractivity contribution in [2.75, 3.05) is 5.32 Å². The smallest absolute Gasteiger partial charge is 0.249 e. The number of rotatable bonds is 3. The van der Waals surface area contributed by atoms with Crippen LogP contribution in [0.2, 0.25) is 0 Å². The lowest BCUT2D eigenvalue weighted by atomic mass is 10.1. The minimum absolute atomic E-state index is 0.232. The predicted molar refractivity (Wildman–Crippen MR) is 102 cm³/mol. The highest BCUT2D eigenvalue weighted by atomic mass is 32.1. The number of hydrogen-bond donors (Lipinski definition) is 2. The SMILES string of the molecule is C=CC(=O)Nc1nc2ccccc2s1.Cc1ccc(C)c(C=N)c1. The first-order chi connectivity index (χ1) is 11.5. The molecule has 0 saturated heterocycles. The predicted octanol–water partition coefficient (Wildman–Crippen LogP) is 4.72. The van der Waals surface area contributed by atoms with Gasteiger partial charge in [-0.1, -0.05) is 53.8 Å². The van der Waals surface area contributed by atoms with E-state index < -0.39 is 0 Å². The fourth-order valence-corrected chi connectivity index (χ4v) is 2.87. The fraction of sp³-hybridized carbons (Fsp3) is 0.105. The summed E-state index contributed by atoms with van der Waals surface area (Å²) in [5.74, 6) is -0.232. The van der Waals surface area contributed by atoms with Gasteiger partial charge in [-0.05, 0) is 43.2 Å². The van der Waals surface area contributed by atoms with E-state index in [4.69, 9.17) is 5.41 Å². The van der Waals surface area contributed by atoms with Crippen LogP contribution in [-0.2, 0) is 4.79 Å². The van der Waals surface area contributed by atoms with Gasteiger partial charge in [0, 0.05) is 6.21 Å². The molecule has 24 heavy (non-hydrogen) atoms. The van der Waals surface area contributed by atoms with E-state index in [1.54, 1.807) is 0 Å². The largest absolute Gasteiger partial charge is 0.308 e. The van der Waals surface area contributed by atoms with Gasteiger partial charge in [-0.25, -0.2) is 4.98 Å². The molecule has 1 amide bonds. The third-order valence-electron chi connectivity index (χ3n) is 3.30. The van der Waals surface area contributed by atoms with Crippen LogP contribution in [0, 0.1) is 19.3 Å². The number of aromatic nitrogens is 1. The molecular formula is C19H19N3OS. The van der Waals surface area contributed by atoms with Gasteiger partial charge < -0.3 is 5.41 Å². The van der Waals surface area contributed by atoms with E-state index in [-0.39, 0.29) is 5.91 Å². The van der Waals surface area contributed by atoms with Gasteiger partial charge in [0.2, 0.25) is 5.91 Å². The van der Waals surface area contributed by atoms with Crippen molar-refractivity contribution in [3.05, 3.63) is 71.8 Å².